The van der Waals surface area contributed by atoms with E-state index in [4.69, 9.17) is 10.5 Å². The summed E-state index contributed by atoms with van der Waals surface area (Å²) in [5, 5.41) is 0. The lowest BCUT2D eigenvalue weighted by Crippen LogP contribution is -2.46. The van der Waals surface area contributed by atoms with Gasteiger partial charge in [0, 0.05) is 50.0 Å². The summed E-state index contributed by atoms with van der Waals surface area (Å²) >= 11 is 0. The summed E-state index contributed by atoms with van der Waals surface area (Å²) in [5.74, 6) is 1.65. The molecule has 22 heavy (non-hydrogen) atoms. The summed E-state index contributed by atoms with van der Waals surface area (Å²) in [5.41, 5.74) is 7.54. The number of anilines is 1. The van der Waals surface area contributed by atoms with E-state index >= 15 is 0 Å². The number of hydrogen-bond acceptors (Lipinski definition) is 5. The zero-order valence-corrected chi connectivity index (χ0v) is 13.2. The molecular formula is C17H26N4O. The van der Waals surface area contributed by atoms with Crippen LogP contribution in [0.3, 0.4) is 0 Å². The quantitative estimate of drug-likeness (QED) is 0.906. The van der Waals surface area contributed by atoms with Crippen LogP contribution >= 0.6 is 0 Å². The van der Waals surface area contributed by atoms with Crippen molar-refractivity contribution < 1.29 is 4.74 Å². The van der Waals surface area contributed by atoms with Gasteiger partial charge in [-0.2, -0.15) is 0 Å². The molecule has 3 heterocycles. The molecule has 0 bridgehead atoms. The van der Waals surface area contributed by atoms with E-state index < -0.39 is 0 Å². The summed E-state index contributed by atoms with van der Waals surface area (Å²) < 4.78 is 5.56. The zero-order chi connectivity index (χ0) is 15.0. The Hall–Kier alpha value is -1.20. The first-order valence-corrected chi connectivity index (χ1v) is 8.64. The van der Waals surface area contributed by atoms with Gasteiger partial charge in [-0.1, -0.05) is 0 Å². The molecule has 5 heteroatoms. The fourth-order valence-electron chi connectivity index (χ4n) is 4.28. The van der Waals surface area contributed by atoms with Crippen LogP contribution in [-0.4, -0.2) is 42.3 Å². The number of ether oxygens (including phenoxy) is 1. The zero-order valence-electron chi connectivity index (χ0n) is 13.2. The highest BCUT2D eigenvalue weighted by molar-refractivity contribution is 5.41. The lowest BCUT2D eigenvalue weighted by Gasteiger charge is -2.45. The molecule has 120 valence electrons. The molecule has 0 aromatic carbocycles. The first kappa shape index (κ1) is 14.4. The molecule has 2 saturated heterocycles. The topological polar surface area (TPSA) is 64.3 Å². The molecule has 0 atom stereocenters. The Morgan fingerprint density at radius 2 is 2.00 bits per heavy atom. The lowest BCUT2D eigenvalue weighted by atomic mass is 9.74. The summed E-state index contributed by atoms with van der Waals surface area (Å²) in [6.45, 7) is 4.08. The maximum absolute atomic E-state index is 5.91. The van der Waals surface area contributed by atoms with Crippen LogP contribution in [0.15, 0.2) is 12.4 Å². The Kier molecular flexibility index (Phi) is 3.78. The van der Waals surface area contributed by atoms with Gasteiger partial charge in [0.15, 0.2) is 0 Å². The first-order valence-electron chi connectivity index (χ1n) is 8.64. The molecule has 3 fully saturated rings. The molecule has 1 aromatic heterocycles. The van der Waals surface area contributed by atoms with Crippen molar-refractivity contribution in [2.75, 3.05) is 31.2 Å². The second-order valence-electron chi connectivity index (χ2n) is 7.37. The van der Waals surface area contributed by atoms with Gasteiger partial charge in [-0.25, -0.2) is 9.97 Å². The van der Waals surface area contributed by atoms with Gasteiger partial charge in [0.25, 0.3) is 0 Å². The summed E-state index contributed by atoms with van der Waals surface area (Å²) in [6, 6.07) is 2.57. The minimum absolute atomic E-state index is 0.365. The summed E-state index contributed by atoms with van der Waals surface area (Å²) in [7, 11) is 0. The molecule has 1 saturated carbocycles. The summed E-state index contributed by atoms with van der Waals surface area (Å²) in [4.78, 5) is 11.5. The van der Waals surface area contributed by atoms with Crippen LogP contribution in [0.1, 0.15) is 50.1 Å². The third-order valence-corrected chi connectivity index (χ3v) is 5.81. The van der Waals surface area contributed by atoms with Gasteiger partial charge in [-0.3, -0.25) is 0 Å². The number of nitrogens with zero attached hydrogens (tertiary/aromatic N) is 3. The minimum atomic E-state index is 0.365. The molecule has 1 aromatic rings. The van der Waals surface area contributed by atoms with Crippen molar-refractivity contribution in [3.63, 3.8) is 0 Å². The van der Waals surface area contributed by atoms with Crippen LogP contribution in [-0.2, 0) is 4.74 Å². The molecule has 3 aliphatic rings. The molecule has 1 spiro atoms. The van der Waals surface area contributed by atoms with E-state index in [1.54, 1.807) is 6.33 Å². The molecule has 0 unspecified atom stereocenters. The standard InChI is InChI=1S/C17H26N4O/c18-14-8-13(9-14)15-10-16(20-12-19-15)21-5-1-2-17(11-21)3-6-22-7-4-17/h10,12-14H,1-9,11,18H2. The van der Waals surface area contributed by atoms with Crippen molar-refractivity contribution in [1.29, 1.82) is 0 Å². The lowest BCUT2D eigenvalue weighted by molar-refractivity contribution is 0.00746. The Labute approximate surface area is 132 Å². The second-order valence-corrected chi connectivity index (χ2v) is 7.37. The fourth-order valence-corrected chi connectivity index (χ4v) is 4.28. The molecule has 0 amide bonds. The van der Waals surface area contributed by atoms with Gasteiger partial charge in [0.1, 0.15) is 12.1 Å². The second kappa shape index (κ2) is 5.78. The summed E-state index contributed by atoms with van der Waals surface area (Å²) in [6.07, 6.45) is 8.85. The van der Waals surface area contributed by atoms with Crippen LogP contribution in [0, 0.1) is 5.41 Å². The molecule has 2 aliphatic heterocycles. The number of nitrogens with two attached hydrogens (primary N) is 1. The van der Waals surface area contributed by atoms with Crippen molar-refractivity contribution in [2.24, 2.45) is 11.1 Å². The van der Waals surface area contributed by atoms with Gasteiger partial charge in [-0.05, 0) is 43.9 Å². The molecule has 4 rings (SSSR count). The fraction of sp³-hybridized carbons (Fsp3) is 0.765. The maximum atomic E-state index is 5.91. The molecular weight excluding hydrogens is 276 g/mol. The average molecular weight is 302 g/mol. The highest BCUT2D eigenvalue weighted by atomic mass is 16.5. The van der Waals surface area contributed by atoms with Gasteiger partial charge >= 0.3 is 0 Å². The van der Waals surface area contributed by atoms with Crippen LogP contribution in [0.2, 0.25) is 0 Å². The molecule has 0 radical (unpaired) electrons. The first-order chi connectivity index (χ1) is 10.7. The highest BCUT2D eigenvalue weighted by Crippen LogP contribution is 2.41. The molecule has 2 N–H and O–H groups in total. The van der Waals surface area contributed by atoms with Crippen molar-refractivity contribution >= 4 is 5.82 Å². The van der Waals surface area contributed by atoms with Crippen molar-refractivity contribution in [2.45, 2.75) is 50.5 Å². The van der Waals surface area contributed by atoms with E-state index in [0.29, 0.717) is 17.4 Å². The Morgan fingerprint density at radius 3 is 2.77 bits per heavy atom. The van der Waals surface area contributed by atoms with E-state index in [0.717, 1.165) is 45.0 Å². The van der Waals surface area contributed by atoms with Crippen LogP contribution in [0.25, 0.3) is 0 Å². The number of rotatable bonds is 2. The highest BCUT2D eigenvalue weighted by Gasteiger charge is 2.37. The van der Waals surface area contributed by atoms with Crippen molar-refractivity contribution in [3.8, 4) is 0 Å². The van der Waals surface area contributed by atoms with Crippen LogP contribution < -0.4 is 10.6 Å². The molecule has 1 aliphatic carbocycles. The third kappa shape index (κ3) is 2.72. The number of aromatic nitrogens is 2. The third-order valence-electron chi connectivity index (χ3n) is 5.81. The van der Waals surface area contributed by atoms with Crippen molar-refractivity contribution in [1.82, 2.24) is 9.97 Å². The SMILES string of the molecule is NC1CC(c2cc(N3CCCC4(CCOCC4)C3)ncn2)C1. The monoisotopic (exact) mass is 302 g/mol. The van der Waals surface area contributed by atoms with Gasteiger partial charge < -0.3 is 15.4 Å². The maximum Gasteiger partial charge on any atom is 0.132 e. The Bertz CT molecular complexity index is 518. The van der Waals surface area contributed by atoms with Gasteiger partial charge in [-0.15, -0.1) is 0 Å². The van der Waals surface area contributed by atoms with E-state index in [-0.39, 0.29) is 0 Å². The van der Waals surface area contributed by atoms with E-state index in [9.17, 15) is 0 Å². The van der Waals surface area contributed by atoms with Crippen molar-refractivity contribution in [3.05, 3.63) is 18.1 Å². The Balaban J connectivity index is 1.50. The normalized spacial score (nSPS) is 31.0. The van der Waals surface area contributed by atoms with E-state index in [1.165, 1.54) is 31.4 Å². The van der Waals surface area contributed by atoms with Crippen LogP contribution in [0.5, 0.6) is 0 Å². The average Bonchev–Trinajstić information content (AvgIpc) is 2.53. The van der Waals surface area contributed by atoms with Gasteiger partial charge in [0.2, 0.25) is 0 Å². The number of piperidine rings is 1. The minimum Gasteiger partial charge on any atom is -0.381 e. The largest absolute Gasteiger partial charge is 0.381 e. The van der Waals surface area contributed by atoms with E-state index in [2.05, 4.69) is 20.9 Å². The van der Waals surface area contributed by atoms with Gasteiger partial charge in [0.05, 0.1) is 0 Å². The van der Waals surface area contributed by atoms with Crippen LogP contribution in [0.4, 0.5) is 5.82 Å². The molecule has 5 nitrogen and oxygen atoms in total. The predicted molar refractivity (Wildman–Crippen MR) is 85.9 cm³/mol. The predicted octanol–water partition coefficient (Wildman–Crippen LogP) is 2.08. The Morgan fingerprint density at radius 1 is 1.18 bits per heavy atom. The van der Waals surface area contributed by atoms with E-state index in [1.807, 2.05) is 0 Å². The smallest absolute Gasteiger partial charge is 0.132 e. The number of hydrogen-bond donors (Lipinski definition) is 1.